The SMILES string of the molecule is CC(C)(C)CNc1ccc(C#N)cc1[N+](=O)[O-]. The van der Waals surface area contributed by atoms with Crippen molar-refractivity contribution in [3.05, 3.63) is 33.9 Å². The standard InChI is InChI=1S/C12H15N3O2/c1-12(2,3)8-14-10-5-4-9(7-13)6-11(10)15(16)17/h4-6,14H,8H2,1-3H3. The maximum Gasteiger partial charge on any atom is 0.293 e. The fourth-order valence-electron chi connectivity index (χ4n) is 1.26. The number of nitro benzene ring substituents is 1. The van der Waals surface area contributed by atoms with Gasteiger partial charge >= 0.3 is 0 Å². The number of benzene rings is 1. The van der Waals surface area contributed by atoms with Gasteiger partial charge in [0, 0.05) is 12.6 Å². The summed E-state index contributed by atoms with van der Waals surface area (Å²) in [6, 6.07) is 6.31. The lowest BCUT2D eigenvalue weighted by Gasteiger charge is -2.19. The predicted octanol–water partition coefficient (Wildman–Crippen LogP) is 2.92. The van der Waals surface area contributed by atoms with Crippen LogP contribution < -0.4 is 5.32 Å². The summed E-state index contributed by atoms with van der Waals surface area (Å²) in [5.41, 5.74) is 0.706. The molecular weight excluding hydrogens is 218 g/mol. The van der Waals surface area contributed by atoms with Crippen LogP contribution in [-0.2, 0) is 0 Å². The summed E-state index contributed by atoms with van der Waals surface area (Å²) in [7, 11) is 0. The molecule has 0 saturated heterocycles. The third-order valence-corrected chi connectivity index (χ3v) is 2.13. The lowest BCUT2D eigenvalue weighted by Crippen LogP contribution is -2.19. The molecule has 0 amide bonds. The Labute approximate surface area is 100 Å². The summed E-state index contributed by atoms with van der Waals surface area (Å²) in [6.07, 6.45) is 0. The quantitative estimate of drug-likeness (QED) is 0.643. The lowest BCUT2D eigenvalue weighted by atomic mass is 9.97. The van der Waals surface area contributed by atoms with Gasteiger partial charge in [-0.25, -0.2) is 0 Å². The molecule has 0 atom stereocenters. The lowest BCUT2D eigenvalue weighted by molar-refractivity contribution is -0.384. The third-order valence-electron chi connectivity index (χ3n) is 2.13. The summed E-state index contributed by atoms with van der Waals surface area (Å²) in [4.78, 5) is 10.4. The number of nitriles is 1. The molecule has 0 heterocycles. The van der Waals surface area contributed by atoms with Crippen LogP contribution in [0.4, 0.5) is 11.4 Å². The van der Waals surface area contributed by atoms with Gasteiger partial charge in [0.15, 0.2) is 0 Å². The van der Waals surface area contributed by atoms with Gasteiger partial charge in [0.1, 0.15) is 5.69 Å². The van der Waals surface area contributed by atoms with Crippen molar-refractivity contribution in [2.24, 2.45) is 5.41 Å². The van der Waals surface area contributed by atoms with Crippen LogP contribution in [0.1, 0.15) is 26.3 Å². The van der Waals surface area contributed by atoms with E-state index in [1.165, 1.54) is 6.07 Å². The van der Waals surface area contributed by atoms with Crippen LogP contribution in [0.5, 0.6) is 0 Å². The highest BCUT2D eigenvalue weighted by atomic mass is 16.6. The molecule has 90 valence electrons. The van der Waals surface area contributed by atoms with Gasteiger partial charge in [-0.2, -0.15) is 5.26 Å². The molecule has 5 heteroatoms. The van der Waals surface area contributed by atoms with Crippen molar-refractivity contribution in [1.82, 2.24) is 0 Å². The molecule has 0 aliphatic carbocycles. The van der Waals surface area contributed by atoms with Gasteiger partial charge < -0.3 is 5.32 Å². The minimum absolute atomic E-state index is 0.0295. The molecule has 0 unspecified atom stereocenters. The Bertz CT molecular complexity index is 470. The molecule has 0 aliphatic rings. The van der Waals surface area contributed by atoms with Crippen LogP contribution in [0.3, 0.4) is 0 Å². The van der Waals surface area contributed by atoms with Crippen molar-refractivity contribution >= 4 is 11.4 Å². The van der Waals surface area contributed by atoms with Crippen LogP contribution in [-0.4, -0.2) is 11.5 Å². The first kappa shape index (κ1) is 13.0. The summed E-state index contributed by atoms with van der Waals surface area (Å²) >= 11 is 0. The van der Waals surface area contributed by atoms with E-state index in [9.17, 15) is 10.1 Å². The largest absolute Gasteiger partial charge is 0.379 e. The maximum absolute atomic E-state index is 10.9. The molecule has 17 heavy (non-hydrogen) atoms. The van der Waals surface area contributed by atoms with Gasteiger partial charge in [-0.3, -0.25) is 10.1 Å². The molecule has 1 aromatic rings. The first-order valence-electron chi connectivity index (χ1n) is 5.26. The minimum atomic E-state index is -0.480. The first-order valence-corrected chi connectivity index (χ1v) is 5.26. The monoisotopic (exact) mass is 233 g/mol. The van der Waals surface area contributed by atoms with E-state index in [2.05, 4.69) is 5.32 Å². The molecule has 0 radical (unpaired) electrons. The highest BCUT2D eigenvalue weighted by Crippen LogP contribution is 2.26. The van der Waals surface area contributed by atoms with Crippen molar-refractivity contribution in [3.63, 3.8) is 0 Å². The molecule has 1 rings (SSSR count). The topological polar surface area (TPSA) is 79.0 Å². The fourth-order valence-corrected chi connectivity index (χ4v) is 1.26. The van der Waals surface area contributed by atoms with E-state index in [0.717, 1.165) is 0 Å². The van der Waals surface area contributed by atoms with E-state index in [4.69, 9.17) is 5.26 Å². The fraction of sp³-hybridized carbons (Fsp3) is 0.417. The highest BCUT2D eigenvalue weighted by Gasteiger charge is 2.17. The number of nitrogens with one attached hydrogen (secondary N) is 1. The van der Waals surface area contributed by atoms with E-state index in [-0.39, 0.29) is 16.7 Å². The summed E-state index contributed by atoms with van der Waals surface area (Å²) in [6.45, 7) is 6.74. The van der Waals surface area contributed by atoms with E-state index < -0.39 is 4.92 Å². The molecule has 1 aromatic carbocycles. The van der Waals surface area contributed by atoms with Crippen LogP contribution >= 0.6 is 0 Å². The van der Waals surface area contributed by atoms with Crippen molar-refractivity contribution in [2.75, 3.05) is 11.9 Å². The Morgan fingerprint density at radius 3 is 2.59 bits per heavy atom. The van der Waals surface area contributed by atoms with Gasteiger partial charge in [-0.15, -0.1) is 0 Å². The summed E-state index contributed by atoms with van der Waals surface area (Å²) in [5, 5.41) is 22.6. The highest BCUT2D eigenvalue weighted by molar-refractivity contribution is 5.64. The van der Waals surface area contributed by atoms with E-state index >= 15 is 0 Å². The normalized spacial score (nSPS) is 10.7. The summed E-state index contributed by atoms with van der Waals surface area (Å²) in [5.74, 6) is 0. The Balaban J connectivity index is 3.00. The Morgan fingerprint density at radius 2 is 2.12 bits per heavy atom. The average molecular weight is 233 g/mol. The van der Waals surface area contributed by atoms with Crippen molar-refractivity contribution in [2.45, 2.75) is 20.8 Å². The van der Waals surface area contributed by atoms with Crippen LogP contribution in [0.25, 0.3) is 0 Å². The predicted molar refractivity (Wildman–Crippen MR) is 65.8 cm³/mol. The molecule has 0 fully saturated rings. The van der Waals surface area contributed by atoms with E-state index in [1.54, 1.807) is 12.1 Å². The van der Waals surface area contributed by atoms with Crippen LogP contribution in [0.2, 0.25) is 0 Å². The van der Waals surface area contributed by atoms with Crippen LogP contribution in [0.15, 0.2) is 18.2 Å². The zero-order valence-electron chi connectivity index (χ0n) is 10.2. The number of hydrogen-bond donors (Lipinski definition) is 1. The second-order valence-electron chi connectivity index (χ2n) is 5.02. The number of rotatable bonds is 3. The zero-order valence-corrected chi connectivity index (χ0v) is 10.2. The average Bonchev–Trinajstić information content (AvgIpc) is 2.25. The Kier molecular flexibility index (Phi) is 3.69. The molecule has 0 aliphatic heterocycles. The Hall–Kier alpha value is -2.09. The van der Waals surface area contributed by atoms with Gasteiger partial charge in [0.05, 0.1) is 16.6 Å². The third kappa shape index (κ3) is 3.76. The van der Waals surface area contributed by atoms with Gasteiger partial charge in [-0.05, 0) is 17.5 Å². The number of nitrogens with zero attached hydrogens (tertiary/aromatic N) is 2. The Morgan fingerprint density at radius 1 is 1.47 bits per heavy atom. The first-order chi connectivity index (χ1) is 7.83. The maximum atomic E-state index is 10.9. The second kappa shape index (κ2) is 4.83. The second-order valence-corrected chi connectivity index (χ2v) is 5.02. The molecule has 1 N–H and O–H groups in total. The molecule has 0 bridgehead atoms. The van der Waals surface area contributed by atoms with Crippen molar-refractivity contribution in [1.29, 1.82) is 5.26 Å². The smallest absolute Gasteiger partial charge is 0.293 e. The summed E-state index contributed by atoms with van der Waals surface area (Å²) < 4.78 is 0. The van der Waals surface area contributed by atoms with Crippen molar-refractivity contribution in [3.8, 4) is 6.07 Å². The number of nitro groups is 1. The number of anilines is 1. The minimum Gasteiger partial charge on any atom is -0.379 e. The van der Waals surface area contributed by atoms with E-state index in [1.807, 2.05) is 26.8 Å². The van der Waals surface area contributed by atoms with Gasteiger partial charge in [-0.1, -0.05) is 20.8 Å². The molecule has 0 saturated carbocycles. The molecule has 0 spiro atoms. The molecular formula is C12H15N3O2. The molecule has 0 aromatic heterocycles. The van der Waals surface area contributed by atoms with E-state index in [0.29, 0.717) is 12.2 Å². The number of hydrogen-bond acceptors (Lipinski definition) is 4. The van der Waals surface area contributed by atoms with Gasteiger partial charge in [0.25, 0.3) is 5.69 Å². The van der Waals surface area contributed by atoms with Crippen LogP contribution in [0, 0.1) is 26.9 Å². The molecule has 5 nitrogen and oxygen atoms in total. The van der Waals surface area contributed by atoms with Gasteiger partial charge in [0.2, 0.25) is 0 Å². The zero-order chi connectivity index (χ0) is 13.1. The van der Waals surface area contributed by atoms with Crippen molar-refractivity contribution < 1.29 is 4.92 Å².